The molecule has 0 aliphatic carbocycles. The fourth-order valence-corrected chi connectivity index (χ4v) is 2.35. The van der Waals surface area contributed by atoms with Crippen LogP contribution < -0.4 is 15.1 Å². The molecule has 1 atom stereocenters. The summed E-state index contributed by atoms with van der Waals surface area (Å²) in [5.41, 5.74) is 2.39. The molecule has 1 aromatic carbocycles. The van der Waals surface area contributed by atoms with Gasteiger partial charge >= 0.3 is 0 Å². The Morgan fingerprint density at radius 2 is 2.00 bits per heavy atom. The number of carbonyl (C=O) groups is 1. The fraction of sp³-hybridized carbons (Fsp3) is 0.412. The van der Waals surface area contributed by atoms with Crippen LogP contribution in [-0.2, 0) is 11.3 Å². The molecular formula is C17H25N4O2+. The molecule has 1 unspecified atom stereocenters. The van der Waals surface area contributed by atoms with Crippen molar-refractivity contribution in [2.75, 3.05) is 37.4 Å². The van der Waals surface area contributed by atoms with E-state index in [-0.39, 0.29) is 5.91 Å². The van der Waals surface area contributed by atoms with Crippen LogP contribution in [0, 0.1) is 6.92 Å². The van der Waals surface area contributed by atoms with Crippen molar-refractivity contribution in [3.05, 3.63) is 41.7 Å². The highest BCUT2D eigenvalue weighted by atomic mass is 16.5. The van der Waals surface area contributed by atoms with Crippen molar-refractivity contribution in [1.29, 1.82) is 0 Å². The van der Waals surface area contributed by atoms with Crippen LogP contribution in [0.2, 0.25) is 0 Å². The number of nitrogens with one attached hydrogen (secondary N) is 2. The molecule has 1 heterocycles. The van der Waals surface area contributed by atoms with Gasteiger partial charge in [0.25, 0.3) is 5.91 Å². The molecule has 0 aliphatic heterocycles. The minimum Gasteiger partial charge on any atom is -0.378 e. The minimum absolute atomic E-state index is 0.0555. The molecule has 0 saturated carbocycles. The number of aryl methyl sites for hydroxylation is 1. The molecular weight excluding hydrogens is 292 g/mol. The van der Waals surface area contributed by atoms with Crippen LogP contribution >= 0.6 is 0 Å². The predicted molar refractivity (Wildman–Crippen MR) is 90.7 cm³/mol. The van der Waals surface area contributed by atoms with Crippen LogP contribution in [0.5, 0.6) is 0 Å². The summed E-state index contributed by atoms with van der Waals surface area (Å²) in [5.74, 6) is 1.10. The molecule has 1 amide bonds. The molecule has 2 rings (SSSR count). The van der Waals surface area contributed by atoms with E-state index < -0.39 is 0 Å². The average molecular weight is 317 g/mol. The van der Waals surface area contributed by atoms with Gasteiger partial charge in [0.15, 0.2) is 12.4 Å². The number of anilines is 2. The Bertz CT molecular complexity index is 634. The van der Waals surface area contributed by atoms with E-state index in [0.29, 0.717) is 18.1 Å². The number of aromatic nitrogens is 1. The van der Waals surface area contributed by atoms with Gasteiger partial charge in [-0.25, -0.2) is 0 Å². The Morgan fingerprint density at radius 1 is 1.30 bits per heavy atom. The van der Waals surface area contributed by atoms with Crippen molar-refractivity contribution >= 4 is 17.4 Å². The third-order valence-electron chi connectivity index (χ3n) is 3.71. The van der Waals surface area contributed by atoms with Gasteiger partial charge in [-0.2, -0.15) is 0 Å². The van der Waals surface area contributed by atoms with Crippen molar-refractivity contribution in [3.8, 4) is 0 Å². The summed E-state index contributed by atoms with van der Waals surface area (Å²) < 4.78 is 4.95. The number of carbonyl (C=O) groups excluding carboxylic acids is 1. The lowest BCUT2D eigenvalue weighted by Gasteiger charge is -2.18. The first kappa shape index (κ1) is 17.0. The lowest BCUT2D eigenvalue weighted by Crippen LogP contribution is -3.11. The zero-order valence-corrected chi connectivity index (χ0v) is 14.2. The van der Waals surface area contributed by atoms with Gasteiger partial charge in [-0.15, -0.1) is 0 Å². The number of benzene rings is 1. The zero-order valence-electron chi connectivity index (χ0n) is 14.2. The van der Waals surface area contributed by atoms with E-state index in [1.807, 2.05) is 14.1 Å². The number of likely N-dealkylation sites (N-methyl/N-ethyl adjacent to an activating group) is 1. The number of amides is 1. The molecule has 2 N–H and O–H groups in total. The van der Waals surface area contributed by atoms with Crippen LogP contribution in [0.25, 0.3) is 0 Å². The molecule has 6 nitrogen and oxygen atoms in total. The Labute approximate surface area is 137 Å². The average Bonchev–Trinajstić information content (AvgIpc) is 2.92. The Balaban J connectivity index is 1.90. The van der Waals surface area contributed by atoms with Gasteiger partial charge in [0.2, 0.25) is 0 Å². The van der Waals surface area contributed by atoms with Gasteiger partial charge < -0.3 is 19.6 Å². The maximum absolute atomic E-state index is 12.1. The van der Waals surface area contributed by atoms with E-state index in [0.717, 1.165) is 13.1 Å². The second kappa shape index (κ2) is 7.78. The number of nitrogens with zero attached hydrogens (tertiary/aromatic N) is 2. The first-order chi connectivity index (χ1) is 11.0. The summed E-state index contributed by atoms with van der Waals surface area (Å²) in [6, 6.07) is 10.1. The standard InChI is InChI=1S/C17H24N4O2/c1-5-21(11-14-6-8-15(9-7-14)20(3)4)12-17(22)18-16-10-13(2)23-19-16/h6-10H,5,11-12H2,1-4H3,(H,18,19,22)/p+1. The molecule has 6 heteroatoms. The van der Waals surface area contributed by atoms with Crippen LogP contribution in [-0.4, -0.2) is 38.2 Å². The van der Waals surface area contributed by atoms with Crippen LogP contribution in [0.3, 0.4) is 0 Å². The van der Waals surface area contributed by atoms with Crippen LogP contribution in [0.1, 0.15) is 18.2 Å². The van der Waals surface area contributed by atoms with E-state index in [4.69, 9.17) is 4.52 Å². The van der Waals surface area contributed by atoms with Gasteiger partial charge in [-0.3, -0.25) is 4.79 Å². The number of rotatable bonds is 7. The van der Waals surface area contributed by atoms with Gasteiger partial charge in [0, 0.05) is 31.4 Å². The van der Waals surface area contributed by atoms with Gasteiger partial charge in [0.05, 0.1) is 6.54 Å². The minimum atomic E-state index is -0.0555. The van der Waals surface area contributed by atoms with Crippen molar-refractivity contribution in [2.24, 2.45) is 0 Å². The largest absolute Gasteiger partial charge is 0.378 e. The molecule has 0 radical (unpaired) electrons. The van der Waals surface area contributed by atoms with Crippen molar-refractivity contribution in [1.82, 2.24) is 5.16 Å². The van der Waals surface area contributed by atoms with Crippen molar-refractivity contribution in [3.63, 3.8) is 0 Å². The van der Waals surface area contributed by atoms with Crippen LogP contribution in [0.15, 0.2) is 34.9 Å². The van der Waals surface area contributed by atoms with E-state index in [2.05, 4.69) is 46.6 Å². The Hall–Kier alpha value is -2.34. The molecule has 1 aromatic heterocycles. The number of hydrogen-bond acceptors (Lipinski definition) is 4. The number of hydrogen-bond donors (Lipinski definition) is 2. The molecule has 124 valence electrons. The molecule has 23 heavy (non-hydrogen) atoms. The monoisotopic (exact) mass is 317 g/mol. The molecule has 0 saturated heterocycles. The summed E-state index contributed by atoms with van der Waals surface area (Å²) in [6.45, 7) is 5.97. The Morgan fingerprint density at radius 3 is 2.52 bits per heavy atom. The first-order valence-corrected chi connectivity index (χ1v) is 7.81. The van der Waals surface area contributed by atoms with Gasteiger partial charge in [0.1, 0.15) is 12.3 Å². The normalized spacial score (nSPS) is 12.0. The maximum Gasteiger partial charge on any atom is 0.280 e. The van der Waals surface area contributed by atoms with Crippen LogP contribution in [0.4, 0.5) is 11.5 Å². The second-order valence-corrected chi connectivity index (χ2v) is 5.89. The molecule has 0 fully saturated rings. The van der Waals surface area contributed by atoms with E-state index >= 15 is 0 Å². The summed E-state index contributed by atoms with van der Waals surface area (Å²) in [4.78, 5) is 15.4. The fourth-order valence-electron chi connectivity index (χ4n) is 2.35. The lowest BCUT2D eigenvalue weighted by atomic mass is 10.2. The second-order valence-electron chi connectivity index (χ2n) is 5.89. The summed E-state index contributed by atoms with van der Waals surface area (Å²) in [7, 11) is 4.04. The summed E-state index contributed by atoms with van der Waals surface area (Å²) >= 11 is 0. The molecule has 0 spiro atoms. The number of quaternary nitrogens is 1. The van der Waals surface area contributed by atoms with Crippen molar-refractivity contribution in [2.45, 2.75) is 20.4 Å². The lowest BCUT2D eigenvalue weighted by molar-refractivity contribution is -0.903. The van der Waals surface area contributed by atoms with Crippen molar-refractivity contribution < 1.29 is 14.2 Å². The van der Waals surface area contributed by atoms with E-state index in [1.165, 1.54) is 16.2 Å². The highest BCUT2D eigenvalue weighted by molar-refractivity contribution is 5.90. The molecule has 2 aromatic rings. The zero-order chi connectivity index (χ0) is 16.8. The smallest absolute Gasteiger partial charge is 0.280 e. The molecule has 0 aliphatic rings. The molecule has 0 bridgehead atoms. The highest BCUT2D eigenvalue weighted by Gasteiger charge is 2.14. The van der Waals surface area contributed by atoms with Gasteiger partial charge in [-0.05, 0) is 26.0 Å². The summed E-state index contributed by atoms with van der Waals surface area (Å²) in [5, 5.41) is 6.54. The predicted octanol–water partition coefficient (Wildman–Crippen LogP) is 1.09. The van der Waals surface area contributed by atoms with Gasteiger partial charge in [-0.1, -0.05) is 17.3 Å². The third-order valence-corrected chi connectivity index (χ3v) is 3.71. The highest BCUT2D eigenvalue weighted by Crippen LogP contribution is 2.11. The van der Waals surface area contributed by atoms with E-state index in [1.54, 1.807) is 13.0 Å². The first-order valence-electron chi connectivity index (χ1n) is 7.81. The third kappa shape index (κ3) is 5.10. The topological polar surface area (TPSA) is 62.8 Å². The Kier molecular flexibility index (Phi) is 5.76. The SMILES string of the molecule is CC[NH+](CC(=O)Nc1cc(C)on1)Cc1ccc(N(C)C)cc1. The maximum atomic E-state index is 12.1. The van der Waals surface area contributed by atoms with E-state index in [9.17, 15) is 4.79 Å². The quantitative estimate of drug-likeness (QED) is 0.802. The summed E-state index contributed by atoms with van der Waals surface area (Å²) in [6.07, 6.45) is 0.